The van der Waals surface area contributed by atoms with Crippen molar-refractivity contribution >= 4 is 23.5 Å². The maximum absolute atomic E-state index is 11.8. The fraction of sp³-hybridized carbons (Fsp3) is 0.278. The lowest BCUT2D eigenvalue weighted by Gasteiger charge is -2.09. The van der Waals surface area contributed by atoms with Crippen molar-refractivity contribution in [3.05, 3.63) is 54.1 Å². The summed E-state index contributed by atoms with van der Waals surface area (Å²) < 4.78 is 5.62. The van der Waals surface area contributed by atoms with Gasteiger partial charge in [-0.25, -0.2) is 4.79 Å². The van der Waals surface area contributed by atoms with E-state index < -0.39 is 0 Å². The molecule has 0 aliphatic rings. The average Bonchev–Trinajstić information content (AvgIpc) is 2.56. The van der Waals surface area contributed by atoms with Crippen LogP contribution in [0.4, 0.5) is 10.5 Å². The zero-order valence-corrected chi connectivity index (χ0v) is 14.3. The number of anilines is 1. The van der Waals surface area contributed by atoms with Crippen LogP contribution in [0.3, 0.4) is 0 Å². The summed E-state index contributed by atoms with van der Waals surface area (Å²) in [5, 5.41) is 5.65. The molecule has 2 rings (SSSR count). The number of carbonyl (C=O) groups is 1. The monoisotopic (exact) mass is 330 g/mol. The van der Waals surface area contributed by atoms with Crippen LogP contribution in [0.2, 0.25) is 0 Å². The summed E-state index contributed by atoms with van der Waals surface area (Å²) in [5.41, 5.74) is 2.01. The van der Waals surface area contributed by atoms with Crippen molar-refractivity contribution in [2.45, 2.75) is 18.2 Å². The lowest BCUT2D eigenvalue weighted by molar-refractivity contribution is 0.250. The van der Waals surface area contributed by atoms with Gasteiger partial charge in [0, 0.05) is 17.1 Å². The largest absolute Gasteiger partial charge is 0.494 e. The van der Waals surface area contributed by atoms with Crippen LogP contribution in [0.5, 0.6) is 5.75 Å². The average molecular weight is 330 g/mol. The van der Waals surface area contributed by atoms with Crippen molar-refractivity contribution in [1.29, 1.82) is 0 Å². The van der Waals surface area contributed by atoms with Crippen molar-refractivity contribution in [1.82, 2.24) is 5.32 Å². The molecule has 2 aromatic rings. The summed E-state index contributed by atoms with van der Waals surface area (Å²) in [6, 6.07) is 15.5. The quantitative estimate of drug-likeness (QED) is 0.587. The van der Waals surface area contributed by atoms with Crippen LogP contribution < -0.4 is 15.4 Å². The Morgan fingerprint density at radius 3 is 2.70 bits per heavy atom. The van der Waals surface area contributed by atoms with Crippen molar-refractivity contribution in [3.8, 4) is 5.75 Å². The molecule has 0 radical (unpaired) electrons. The molecule has 0 saturated heterocycles. The SMILES string of the molecule is CSc1cccc(NC(=O)NCCCOc2ccc(C)cc2)c1. The van der Waals surface area contributed by atoms with Gasteiger partial charge in [0.1, 0.15) is 5.75 Å². The van der Waals surface area contributed by atoms with Gasteiger partial charge in [0.05, 0.1) is 6.61 Å². The molecule has 0 aliphatic carbocycles. The highest BCUT2D eigenvalue weighted by atomic mass is 32.2. The summed E-state index contributed by atoms with van der Waals surface area (Å²) in [6.45, 7) is 3.19. The second-order valence-electron chi connectivity index (χ2n) is 5.13. The lowest BCUT2D eigenvalue weighted by Crippen LogP contribution is -2.30. The molecule has 5 heteroatoms. The van der Waals surface area contributed by atoms with E-state index in [1.54, 1.807) is 11.8 Å². The number of nitrogens with one attached hydrogen (secondary N) is 2. The molecule has 0 spiro atoms. The summed E-state index contributed by atoms with van der Waals surface area (Å²) in [7, 11) is 0. The van der Waals surface area contributed by atoms with Gasteiger partial charge >= 0.3 is 6.03 Å². The number of hydrogen-bond acceptors (Lipinski definition) is 3. The van der Waals surface area contributed by atoms with E-state index in [2.05, 4.69) is 10.6 Å². The minimum Gasteiger partial charge on any atom is -0.494 e. The first-order valence-corrected chi connectivity index (χ1v) is 8.78. The number of aryl methyl sites for hydroxylation is 1. The molecule has 0 fully saturated rings. The predicted octanol–water partition coefficient (Wildman–Crippen LogP) is 4.31. The van der Waals surface area contributed by atoms with Crippen LogP contribution in [0.1, 0.15) is 12.0 Å². The Morgan fingerprint density at radius 1 is 1.17 bits per heavy atom. The van der Waals surface area contributed by atoms with Gasteiger partial charge in [-0.2, -0.15) is 0 Å². The zero-order chi connectivity index (χ0) is 16.5. The van der Waals surface area contributed by atoms with Crippen LogP contribution in [0.15, 0.2) is 53.4 Å². The Balaban J connectivity index is 1.63. The number of rotatable bonds is 7. The number of hydrogen-bond donors (Lipinski definition) is 2. The maximum atomic E-state index is 11.8. The minimum absolute atomic E-state index is 0.196. The highest BCUT2D eigenvalue weighted by molar-refractivity contribution is 7.98. The molecular formula is C18H22N2O2S. The summed E-state index contributed by atoms with van der Waals surface area (Å²) >= 11 is 1.65. The molecule has 0 atom stereocenters. The van der Waals surface area contributed by atoms with Gasteiger partial charge in [-0.15, -0.1) is 11.8 Å². The van der Waals surface area contributed by atoms with E-state index in [0.717, 1.165) is 22.8 Å². The third kappa shape index (κ3) is 6.24. The molecule has 0 aliphatic heterocycles. The summed E-state index contributed by atoms with van der Waals surface area (Å²) in [6.07, 6.45) is 2.76. The van der Waals surface area contributed by atoms with E-state index in [-0.39, 0.29) is 6.03 Å². The van der Waals surface area contributed by atoms with E-state index in [9.17, 15) is 4.79 Å². The molecule has 23 heavy (non-hydrogen) atoms. The van der Waals surface area contributed by atoms with Crippen LogP contribution in [0, 0.1) is 6.92 Å². The van der Waals surface area contributed by atoms with Crippen molar-refractivity contribution in [2.24, 2.45) is 0 Å². The van der Waals surface area contributed by atoms with Crippen LogP contribution >= 0.6 is 11.8 Å². The van der Waals surface area contributed by atoms with E-state index >= 15 is 0 Å². The van der Waals surface area contributed by atoms with Gasteiger partial charge in [-0.05, 0) is 49.9 Å². The maximum Gasteiger partial charge on any atom is 0.319 e. The summed E-state index contributed by atoms with van der Waals surface area (Å²) in [4.78, 5) is 12.9. The van der Waals surface area contributed by atoms with Crippen molar-refractivity contribution in [3.63, 3.8) is 0 Å². The third-order valence-electron chi connectivity index (χ3n) is 3.22. The number of ether oxygens (including phenoxy) is 1. The number of thioether (sulfide) groups is 1. The standard InChI is InChI=1S/C18H22N2O2S/c1-14-7-9-16(10-8-14)22-12-4-11-19-18(21)20-15-5-3-6-17(13-15)23-2/h3,5-10,13H,4,11-12H2,1-2H3,(H2,19,20,21). The summed E-state index contributed by atoms with van der Waals surface area (Å²) in [5.74, 6) is 0.855. The first kappa shape index (κ1) is 17.2. The number of amides is 2. The Morgan fingerprint density at radius 2 is 1.96 bits per heavy atom. The molecule has 2 N–H and O–H groups in total. The molecule has 0 unspecified atom stereocenters. The fourth-order valence-corrected chi connectivity index (χ4v) is 2.43. The zero-order valence-electron chi connectivity index (χ0n) is 13.5. The van der Waals surface area contributed by atoms with Crippen molar-refractivity contribution < 1.29 is 9.53 Å². The van der Waals surface area contributed by atoms with Gasteiger partial charge < -0.3 is 15.4 Å². The van der Waals surface area contributed by atoms with Gasteiger partial charge in [-0.1, -0.05) is 23.8 Å². The van der Waals surface area contributed by atoms with Crippen LogP contribution in [-0.2, 0) is 0 Å². The predicted molar refractivity (Wildman–Crippen MR) is 96.5 cm³/mol. The van der Waals surface area contributed by atoms with Crippen LogP contribution in [-0.4, -0.2) is 25.4 Å². The molecule has 0 saturated carbocycles. The minimum atomic E-state index is -0.196. The fourth-order valence-electron chi connectivity index (χ4n) is 1.97. The number of urea groups is 1. The van der Waals surface area contributed by atoms with Gasteiger partial charge in [0.25, 0.3) is 0 Å². The Bertz CT molecular complexity index is 629. The van der Waals surface area contributed by atoms with Gasteiger partial charge in [0.15, 0.2) is 0 Å². The second-order valence-corrected chi connectivity index (χ2v) is 6.01. The molecule has 0 aromatic heterocycles. The molecule has 0 heterocycles. The van der Waals surface area contributed by atoms with Gasteiger partial charge in [-0.3, -0.25) is 0 Å². The van der Waals surface area contributed by atoms with E-state index in [1.165, 1.54) is 5.56 Å². The second kappa shape index (κ2) is 9.10. The van der Waals surface area contributed by atoms with Crippen LogP contribution in [0.25, 0.3) is 0 Å². The molecule has 122 valence electrons. The normalized spacial score (nSPS) is 10.2. The smallest absolute Gasteiger partial charge is 0.319 e. The number of carbonyl (C=O) groups excluding carboxylic acids is 1. The first-order chi connectivity index (χ1) is 11.2. The highest BCUT2D eigenvalue weighted by Crippen LogP contribution is 2.18. The molecule has 2 amide bonds. The molecule has 0 bridgehead atoms. The highest BCUT2D eigenvalue weighted by Gasteiger charge is 2.02. The topological polar surface area (TPSA) is 50.4 Å². The van der Waals surface area contributed by atoms with Gasteiger partial charge in [0.2, 0.25) is 0 Å². The molecular weight excluding hydrogens is 308 g/mol. The number of benzene rings is 2. The third-order valence-corrected chi connectivity index (χ3v) is 3.95. The molecule has 4 nitrogen and oxygen atoms in total. The van der Waals surface area contributed by atoms with E-state index in [4.69, 9.17) is 4.74 Å². The lowest BCUT2D eigenvalue weighted by atomic mass is 10.2. The first-order valence-electron chi connectivity index (χ1n) is 7.56. The van der Waals surface area contributed by atoms with E-state index in [0.29, 0.717) is 13.2 Å². The Labute approximate surface area is 141 Å². The van der Waals surface area contributed by atoms with Crippen molar-refractivity contribution in [2.75, 3.05) is 24.7 Å². The van der Waals surface area contributed by atoms with E-state index in [1.807, 2.05) is 61.7 Å². The Hall–Kier alpha value is -2.14. The molecule has 2 aromatic carbocycles. The Kier molecular flexibility index (Phi) is 6.81.